The number of imide groups is 1. The average molecular weight is 222 g/mol. The van der Waals surface area contributed by atoms with E-state index in [0.29, 0.717) is 12.8 Å². The number of amides is 3. The van der Waals surface area contributed by atoms with Crippen LogP contribution in [0.2, 0.25) is 0 Å². The Kier molecular flexibility index (Phi) is 2.53. The van der Waals surface area contributed by atoms with Gasteiger partial charge in [0.25, 0.3) is 5.91 Å². The van der Waals surface area contributed by atoms with Gasteiger partial charge < -0.3 is 5.32 Å². The molecule has 0 radical (unpaired) electrons. The third kappa shape index (κ3) is 1.62. The van der Waals surface area contributed by atoms with Crippen LogP contribution in [0.3, 0.4) is 0 Å². The Bertz CT molecular complexity index is 389. The second-order valence-corrected chi connectivity index (χ2v) is 4.25. The van der Waals surface area contributed by atoms with Gasteiger partial charge in [0, 0.05) is 6.92 Å². The molecule has 0 aromatic carbocycles. The van der Waals surface area contributed by atoms with Crippen LogP contribution in [-0.2, 0) is 14.4 Å². The molecule has 0 saturated carbocycles. The molecular weight excluding hydrogens is 208 g/mol. The van der Waals surface area contributed by atoms with Crippen molar-refractivity contribution in [3.8, 4) is 0 Å². The molecule has 3 amide bonds. The lowest BCUT2D eigenvalue weighted by molar-refractivity contribution is -0.157. The first-order valence-electron chi connectivity index (χ1n) is 5.34. The van der Waals surface area contributed by atoms with Crippen LogP contribution >= 0.6 is 0 Å². The van der Waals surface area contributed by atoms with Gasteiger partial charge in [0.1, 0.15) is 12.1 Å². The third-order valence-corrected chi connectivity index (χ3v) is 3.09. The van der Waals surface area contributed by atoms with E-state index in [1.165, 1.54) is 6.92 Å². The summed E-state index contributed by atoms with van der Waals surface area (Å²) >= 11 is 0. The number of allylic oxidation sites excluding steroid dienone is 1. The SMILES string of the molecule is CC(=O)N1CC(=O)NC2(CC=CCC2)C1=O. The topological polar surface area (TPSA) is 66.5 Å². The number of rotatable bonds is 0. The van der Waals surface area contributed by atoms with Gasteiger partial charge in [-0.25, -0.2) is 0 Å². The van der Waals surface area contributed by atoms with Gasteiger partial charge in [0.2, 0.25) is 11.8 Å². The van der Waals surface area contributed by atoms with E-state index in [1.807, 2.05) is 12.2 Å². The highest BCUT2D eigenvalue weighted by molar-refractivity contribution is 6.06. The van der Waals surface area contributed by atoms with Crippen LogP contribution < -0.4 is 5.32 Å². The van der Waals surface area contributed by atoms with Crippen molar-refractivity contribution in [2.45, 2.75) is 31.7 Å². The Morgan fingerprint density at radius 1 is 1.44 bits per heavy atom. The van der Waals surface area contributed by atoms with Crippen molar-refractivity contribution in [2.24, 2.45) is 0 Å². The molecule has 0 aromatic heterocycles. The molecule has 1 atom stereocenters. The van der Waals surface area contributed by atoms with Crippen molar-refractivity contribution >= 4 is 17.7 Å². The summed E-state index contributed by atoms with van der Waals surface area (Å²) in [6.45, 7) is 1.16. The quantitative estimate of drug-likeness (QED) is 0.585. The van der Waals surface area contributed by atoms with Gasteiger partial charge in [-0.15, -0.1) is 0 Å². The van der Waals surface area contributed by atoms with E-state index in [4.69, 9.17) is 0 Å². The van der Waals surface area contributed by atoms with Crippen molar-refractivity contribution in [1.82, 2.24) is 10.2 Å². The van der Waals surface area contributed by atoms with E-state index in [9.17, 15) is 14.4 Å². The van der Waals surface area contributed by atoms with Gasteiger partial charge in [-0.2, -0.15) is 0 Å². The molecule has 1 spiro atoms. The number of nitrogens with zero attached hydrogens (tertiary/aromatic N) is 1. The summed E-state index contributed by atoms with van der Waals surface area (Å²) in [4.78, 5) is 36.0. The van der Waals surface area contributed by atoms with E-state index >= 15 is 0 Å². The Morgan fingerprint density at radius 3 is 2.75 bits per heavy atom. The molecule has 2 aliphatic rings. The highest BCUT2D eigenvalue weighted by atomic mass is 16.2. The summed E-state index contributed by atoms with van der Waals surface area (Å²) < 4.78 is 0. The normalized spacial score (nSPS) is 29.4. The fourth-order valence-electron chi connectivity index (χ4n) is 2.23. The largest absolute Gasteiger partial charge is 0.340 e. The van der Waals surface area contributed by atoms with Gasteiger partial charge in [-0.05, 0) is 19.3 Å². The first-order valence-corrected chi connectivity index (χ1v) is 5.34. The van der Waals surface area contributed by atoms with Crippen LogP contribution in [-0.4, -0.2) is 34.7 Å². The molecular formula is C11H14N2O3. The number of nitrogens with one attached hydrogen (secondary N) is 1. The second-order valence-electron chi connectivity index (χ2n) is 4.25. The monoisotopic (exact) mass is 222 g/mol. The summed E-state index contributed by atoms with van der Waals surface area (Å²) in [7, 11) is 0. The van der Waals surface area contributed by atoms with Crippen LogP contribution in [0.1, 0.15) is 26.2 Å². The molecule has 1 saturated heterocycles. The lowest BCUT2D eigenvalue weighted by Crippen LogP contribution is -2.67. The minimum Gasteiger partial charge on any atom is -0.340 e. The maximum atomic E-state index is 12.1. The fourth-order valence-corrected chi connectivity index (χ4v) is 2.23. The number of piperazine rings is 1. The molecule has 1 heterocycles. The lowest BCUT2D eigenvalue weighted by Gasteiger charge is -2.41. The Labute approximate surface area is 93.5 Å². The number of hydrogen-bond acceptors (Lipinski definition) is 3. The molecule has 0 aromatic rings. The van der Waals surface area contributed by atoms with Crippen LogP contribution in [0.25, 0.3) is 0 Å². The van der Waals surface area contributed by atoms with Crippen LogP contribution in [0.4, 0.5) is 0 Å². The van der Waals surface area contributed by atoms with Crippen LogP contribution in [0.5, 0.6) is 0 Å². The van der Waals surface area contributed by atoms with Crippen molar-refractivity contribution in [3.05, 3.63) is 12.2 Å². The van der Waals surface area contributed by atoms with Crippen molar-refractivity contribution < 1.29 is 14.4 Å². The van der Waals surface area contributed by atoms with Crippen LogP contribution in [0.15, 0.2) is 12.2 Å². The smallest absolute Gasteiger partial charge is 0.255 e. The minimum atomic E-state index is -0.879. The van der Waals surface area contributed by atoms with Crippen molar-refractivity contribution in [2.75, 3.05) is 6.54 Å². The number of hydrogen-bond donors (Lipinski definition) is 1. The van der Waals surface area contributed by atoms with Crippen LogP contribution in [0, 0.1) is 0 Å². The Balaban J connectivity index is 2.31. The highest BCUT2D eigenvalue weighted by Gasteiger charge is 2.47. The molecule has 1 fully saturated rings. The van der Waals surface area contributed by atoms with E-state index < -0.39 is 5.54 Å². The zero-order valence-corrected chi connectivity index (χ0v) is 9.16. The third-order valence-electron chi connectivity index (χ3n) is 3.09. The fraction of sp³-hybridized carbons (Fsp3) is 0.545. The molecule has 16 heavy (non-hydrogen) atoms. The van der Waals surface area contributed by atoms with Gasteiger partial charge in [0.15, 0.2) is 0 Å². The average Bonchev–Trinajstić information content (AvgIpc) is 2.24. The summed E-state index contributed by atoms with van der Waals surface area (Å²) in [5, 5.41) is 2.73. The van der Waals surface area contributed by atoms with Gasteiger partial charge >= 0.3 is 0 Å². The Hall–Kier alpha value is -1.65. The van der Waals surface area contributed by atoms with E-state index in [1.54, 1.807) is 0 Å². The zero-order valence-electron chi connectivity index (χ0n) is 9.16. The first-order chi connectivity index (χ1) is 7.55. The minimum absolute atomic E-state index is 0.153. The molecule has 1 unspecified atom stereocenters. The van der Waals surface area contributed by atoms with E-state index in [0.717, 1.165) is 11.3 Å². The highest BCUT2D eigenvalue weighted by Crippen LogP contribution is 2.28. The van der Waals surface area contributed by atoms with E-state index in [-0.39, 0.29) is 24.3 Å². The summed E-state index contributed by atoms with van der Waals surface area (Å²) in [5.74, 6) is -0.900. The summed E-state index contributed by atoms with van der Waals surface area (Å²) in [6, 6.07) is 0. The zero-order chi connectivity index (χ0) is 11.8. The molecule has 1 N–H and O–H groups in total. The molecule has 86 valence electrons. The predicted molar refractivity (Wildman–Crippen MR) is 56.3 cm³/mol. The molecule has 5 nitrogen and oxygen atoms in total. The molecule has 0 bridgehead atoms. The molecule has 5 heteroatoms. The predicted octanol–water partition coefficient (Wildman–Crippen LogP) is -0.0298. The van der Waals surface area contributed by atoms with Gasteiger partial charge in [-0.1, -0.05) is 12.2 Å². The molecule has 1 aliphatic heterocycles. The second kappa shape index (κ2) is 3.73. The van der Waals surface area contributed by atoms with E-state index in [2.05, 4.69) is 5.32 Å². The standard InChI is InChI=1S/C11H14N2O3/c1-8(14)13-7-9(15)12-11(10(13)16)5-3-2-4-6-11/h2-3H,4-7H2,1H3,(H,12,15). The lowest BCUT2D eigenvalue weighted by atomic mass is 9.83. The van der Waals surface area contributed by atoms with Gasteiger partial charge in [-0.3, -0.25) is 19.3 Å². The molecule has 1 aliphatic carbocycles. The van der Waals surface area contributed by atoms with Crippen molar-refractivity contribution in [1.29, 1.82) is 0 Å². The first kappa shape index (κ1) is 10.9. The maximum Gasteiger partial charge on any atom is 0.255 e. The van der Waals surface area contributed by atoms with Crippen molar-refractivity contribution in [3.63, 3.8) is 0 Å². The number of carbonyl (C=O) groups is 3. The maximum absolute atomic E-state index is 12.1. The summed E-state index contributed by atoms with van der Waals surface area (Å²) in [5.41, 5.74) is -0.879. The molecule has 2 rings (SSSR count). The Morgan fingerprint density at radius 2 is 2.19 bits per heavy atom. The van der Waals surface area contributed by atoms with Gasteiger partial charge in [0.05, 0.1) is 0 Å². The number of carbonyl (C=O) groups excluding carboxylic acids is 3. The summed E-state index contributed by atoms with van der Waals surface area (Å²) in [6.07, 6.45) is 5.65.